The monoisotopic (exact) mass is 384 g/mol. The lowest BCUT2D eigenvalue weighted by Gasteiger charge is -2.14. The highest BCUT2D eigenvalue weighted by Gasteiger charge is 2.12. The molecule has 3 aromatic rings. The number of carbonyl (C=O) groups is 1. The number of aromatic nitrogens is 2. The van der Waals surface area contributed by atoms with Gasteiger partial charge in [-0.05, 0) is 38.1 Å². The fourth-order valence-corrected chi connectivity index (χ4v) is 2.34. The van der Waals surface area contributed by atoms with Crippen LogP contribution in [-0.2, 0) is 0 Å². The summed E-state index contributed by atoms with van der Waals surface area (Å²) < 4.78 is 32.3. The van der Waals surface area contributed by atoms with Crippen molar-refractivity contribution < 1.29 is 18.3 Å². The van der Waals surface area contributed by atoms with E-state index >= 15 is 0 Å². The molecule has 0 spiro atoms. The molecule has 2 N–H and O–H groups in total. The summed E-state index contributed by atoms with van der Waals surface area (Å²) in [5.41, 5.74) is 0.677. The number of hydrogen-bond acceptors (Lipinski definition) is 5. The summed E-state index contributed by atoms with van der Waals surface area (Å²) in [6, 6.07) is 10.2. The van der Waals surface area contributed by atoms with Gasteiger partial charge in [0, 0.05) is 18.5 Å². The van der Waals surface area contributed by atoms with E-state index in [9.17, 15) is 13.6 Å². The second kappa shape index (κ2) is 8.43. The second-order valence-corrected chi connectivity index (χ2v) is 6.16. The highest BCUT2D eigenvalue weighted by atomic mass is 19.1. The van der Waals surface area contributed by atoms with Crippen LogP contribution in [0.25, 0.3) is 0 Å². The van der Waals surface area contributed by atoms with E-state index in [0.29, 0.717) is 17.5 Å². The third-order valence-corrected chi connectivity index (χ3v) is 3.59. The van der Waals surface area contributed by atoms with Gasteiger partial charge in [-0.1, -0.05) is 12.1 Å². The first kappa shape index (κ1) is 19.2. The van der Waals surface area contributed by atoms with E-state index in [2.05, 4.69) is 20.6 Å². The van der Waals surface area contributed by atoms with Crippen LogP contribution in [0.5, 0.6) is 5.75 Å². The predicted octanol–water partition coefficient (Wildman–Crippen LogP) is 4.54. The molecule has 0 bridgehead atoms. The fraction of sp³-hybridized carbons (Fsp3) is 0.150. The number of halogens is 2. The highest BCUT2D eigenvalue weighted by Crippen LogP contribution is 2.27. The van der Waals surface area contributed by atoms with E-state index in [-0.39, 0.29) is 23.3 Å². The maximum absolute atomic E-state index is 13.7. The van der Waals surface area contributed by atoms with Crippen LogP contribution in [0.4, 0.5) is 26.1 Å². The van der Waals surface area contributed by atoms with Gasteiger partial charge < -0.3 is 15.4 Å². The Labute approximate surface area is 160 Å². The Kier molecular flexibility index (Phi) is 5.78. The molecular formula is C20H18F2N4O2. The van der Waals surface area contributed by atoms with Crippen molar-refractivity contribution in [1.82, 2.24) is 9.97 Å². The van der Waals surface area contributed by atoms with Crippen molar-refractivity contribution in [3.05, 3.63) is 72.1 Å². The Morgan fingerprint density at radius 3 is 2.43 bits per heavy atom. The van der Waals surface area contributed by atoms with Crippen molar-refractivity contribution in [2.75, 3.05) is 10.6 Å². The van der Waals surface area contributed by atoms with Crippen molar-refractivity contribution in [2.45, 2.75) is 20.0 Å². The lowest BCUT2D eigenvalue weighted by atomic mass is 10.2. The molecule has 8 heteroatoms. The molecule has 0 atom stereocenters. The molecule has 1 heterocycles. The zero-order valence-electron chi connectivity index (χ0n) is 15.2. The van der Waals surface area contributed by atoms with Gasteiger partial charge in [0.1, 0.15) is 17.4 Å². The van der Waals surface area contributed by atoms with Crippen LogP contribution in [0, 0.1) is 11.6 Å². The standard InChI is InChI=1S/C20H18F2N4O2/c1-12(2)28-18-6-4-3-5-17(18)26-20-23-10-13(11-24-20)19(27)25-16-8-7-14(21)9-15(16)22/h3-12H,1-2H3,(H,25,27)(H,23,24,26). The first-order valence-electron chi connectivity index (χ1n) is 8.53. The van der Waals surface area contributed by atoms with Crippen molar-refractivity contribution >= 4 is 23.2 Å². The maximum atomic E-state index is 13.7. The van der Waals surface area contributed by atoms with Gasteiger partial charge in [-0.2, -0.15) is 0 Å². The average Bonchev–Trinajstić information content (AvgIpc) is 2.66. The van der Waals surface area contributed by atoms with E-state index in [1.54, 1.807) is 0 Å². The Morgan fingerprint density at radius 2 is 1.75 bits per heavy atom. The number of ether oxygens (including phenoxy) is 1. The van der Waals surface area contributed by atoms with Gasteiger partial charge in [-0.25, -0.2) is 18.7 Å². The van der Waals surface area contributed by atoms with Gasteiger partial charge in [0.2, 0.25) is 5.95 Å². The molecule has 0 saturated heterocycles. The number of anilines is 3. The van der Waals surface area contributed by atoms with E-state index < -0.39 is 17.5 Å². The summed E-state index contributed by atoms with van der Waals surface area (Å²) in [4.78, 5) is 20.4. The third-order valence-electron chi connectivity index (χ3n) is 3.59. The number of hydrogen-bond donors (Lipinski definition) is 2. The van der Waals surface area contributed by atoms with Crippen molar-refractivity contribution in [3.63, 3.8) is 0 Å². The Balaban J connectivity index is 1.71. The molecule has 144 valence electrons. The van der Waals surface area contributed by atoms with Gasteiger partial charge in [0.25, 0.3) is 5.91 Å². The van der Waals surface area contributed by atoms with Crippen molar-refractivity contribution in [3.8, 4) is 5.75 Å². The van der Waals surface area contributed by atoms with E-state index in [4.69, 9.17) is 4.74 Å². The molecule has 0 aliphatic rings. The molecule has 3 rings (SSSR count). The largest absolute Gasteiger partial charge is 0.489 e. The molecular weight excluding hydrogens is 366 g/mol. The van der Waals surface area contributed by atoms with Crippen LogP contribution >= 0.6 is 0 Å². The topological polar surface area (TPSA) is 76.1 Å². The third kappa shape index (κ3) is 4.79. The SMILES string of the molecule is CC(C)Oc1ccccc1Nc1ncc(C(=O)Nc2ccc(F)cc2F)cn1. The number of para-hydroxylation sites is 2. The Hall–Kier alpha value is -3.55. The summed E-state index contributed by atoms with van der Waals surface area (Å²) in [6.45, 7) is 3.84. The zero-order chi connectivity index (χ0) is 20.1. The number of amides is 1. The Bertz CT molecular complexity index is 978. The van der Waals surface area contributed by atoms with Gasteiger partial charge >= 0.3 is 0 Å². The van der Waals surface area contributed by atoms with E-state index in [1.165, 1.54) is 12.4 Å². The van der Waals surface area contributed by atoms with Crippen molar-refractivity contribution in [2.24, 2.45) is 0 Å². The quantitative estimate of drug-likeness (QED) is 0.653. The highest BCUT2D eigenvalue weighted by molar-refractivity contribution is 6.03. The average molecular weight is 384 g/mol. The minimum Gasteiger partial charge on any atom is -0.489 e. The summed E-state index contributed by atoms with van der Waals surface area (Å²) in [5.74, 6) is -1.29. The molecule has 0 saturated carbocycles. The first-order chi connectivity index (χ1) is 13.4. The van der Waals surface area contributed by atoms with Gasteiger partial charge in [0.05, 0.1) is 23.0 Å². The molecule has 0 unspecified atom stereocenters. The lowest BCUT2D eigenvalue weighted by Crippen LogP contribution is -2.14. The molecule has 2 aromatic carbocycles. The smallest absolute Gasteiger partial charge is 0.258 e. The molecule has 0 aliphatic carbocycles. The molecule has 0 fully saturated rings. The van der Waals surface area contributed by atoms with Crippen molar-refractivity contribution in [1.29, 1.82) is 0 Å². The summed E-state index contributed by atoms with van der Waals surface area (Å²) in [7, 11) is 0. The van der Waals surface area contributed by atoms with Crippen LogP contribution < -0.4 is 15.4 Å². The van der Waals surface area contributed by atoms with Gasteiger partial charge in [0.15, 0.2) is 0 Å². The number of nitrogens with one attached hydrogen (secondary N) is 2. The molecule has 6 nitrogen and oxygen atoms in total. The molecule has 1 aromatic heterocycles. The van der Waals surface area contributed by atoms with Crippen LogP contribution in [0.2, 0.25) is 0 Å². The summed E-state index contributed by atoms with van der Waals surface area (Å²) in [6.07, 6.45) is 2.61. The maximum Gasteiger partial charge on any atom is 0.258 e. The van der Waals surface area contributed by atoms with Crippen LogP contribution in [0.15, 0.2) is 54.9 Å². The molecule has 0 radical (unpaired) electrons. The first-order valence-corrected chi connectivity index (χ1v) is 8.53. The van der Waals surface area contributed by atoms with Gasteiger partial charge in [-0.3, -0.25) is 4.79 Å². The lowest BCUT2D eigenvalue weighted by molar-refractivity contribution is 0.102. The van der Waals surface area contributed by atoms with Crippen LogP contribution in [0.3, 0.4) is 0 Å². The number of carbonyl (C=O) groups excluding carboxylic acids is 1. The summed E-state index contributed by atoms with van der Waals surface area (Å²) >= 11 is 0. The Morgan fingerprint density at radius 1 is 1.04 bits per heavy atom. The molecule has 1 amide bonds. The molecule has 0 aliphatic heterocycles. The van der Waals surface area contributed by atoms with Crippen LogP contribution in [-0.4, -0.2) is 22.0 Å². The zero-order valence-corrected chi connectivity index (χ0v) is 15.2. The predicted molar refractivity (Wildman–Crippen MR) is 102 cm³/mol. The summed E-state index contributed by atoms with van der Waals surface area (Å²) in [5, 5.41) is 5.38. The van der Waals surface area contributed by atoms with E-state index in [1.807, 2.05) is 38.1 Å². The minimum absolute atomic E-state index is 0.00166. The normalized spacial score (nSPS) is 10.6. The fourth-order valence-electron chi connectivity index (χ4n) is 2.34. The van der Waals surface area contributed by atoms with Crippen LogP contribution in [0.1, 0.15) is 24.2 Å². The van der Waals surface area contributed by atoms with Gasteiger partial charge in [-0.15, -0.1) is 0 Å². The molecule has 28 heavy (non-hydrogen) atoms. The number of benzene rings is 2. The second-order valence-electron chi connectivity index (χ2n) is 6.16. The number of nitrogens with zero attached hydrogens (tertiary/aromatic N) is 2. The number of rotatable bonds is 6. The van der Waals surface area contributed by atoms with E-state index in [0.717, 1.165) is 12.1 Å². The minimum atomic E-state index is -0.866.